The number of benzene rings is 2. The first-order valence-corrected chi connectivity index (χ1v) is 18.6. The summed E-state index contributed by atoms with van der Waals surface area (Å²) < 4.78 is 42.4. The summed E-state index contributed by atoms with van der Waals surface area (Å²) in [6.45, 7) is 2.31. The molecule has 2 saturated heterocycles. The van der Waals surface area contributed by atoms with Crippen LogP contribution >= 0.6 is 22.7 Å². The normalized spacial score (nSPS) is 28.6. The largest absolute Gasteiger partial charge is 0.206 e. The summed E-state index contributed by atoms with van der Waals surface area (Å²) in [7, 11) is -2.07. The van der Waals surface area contributed by atoms with Crippen LogP contribution in [0.4, 0.5) is 13.2 Å². The molecule has 4 rings (SSSR count). The first-order chi connectivity index (χ1) is 15.2. The molecule has 0 aliphatic carbocycles. The minimum atomic E-state index is -1.38. The Labute approximate surface area is 201 Å². The van der Waals surface area contributed by atoms with Crippen molar-refractivity contribution in [3.05, 3.63) is 58.4 Å². The van der Waals surface area contributed by atoms with Gasteiger partial charge in [-0.15, -0.1) is 0 Å². The quantitative estimate of drug-likeness (QED) is 0.212. The van der Waals surface area contributed by atoms with Crippen LogP contribution in [-0.4, -0.2) is 16.2 Å². The standard InChI is InChI=1S/C25H31Cl2F3Si2/c1-32(27)12-7-17(8-13-32)4-9-31-10-5-18(6-11-31)19-2-3-21(22(28)14-19)20-15-23(29)25(26)24(30)16-20/h2-3,14-18,31H,4-13H2,1H3/t17-,18?,31?,32+. The molecule has 32 heavy (non-hydrogen) atoms. The minimum Gasteiger partial charge on any atom is -0.206 e. The highest BCUT2D eigenvalue weighted by atomic mass is 35.6. The zero-order valence-corrected chi connectivity index (χ0v) is 22.2. The van der Waals surface area contributed by atoms with Gasteiger partial charge in [0.25, 0.3) is 0 Å². The lowest BCUT2D eigenvalue weighted by Crippen LogP contribution is -2.29. The highest BCUT2D eigenvalue weighted by Gasteiger charge is 2.32. The lowest BCUT2D eigenvalue weighted by molar-refractivity contribution is 0.452. The number of hydrogen-bond donors (Lipinski definition) is 0. The van der Waals surface area contributed by atoms with E-state index in [0.29, 0.717) is 5.92 Å². The molecule has 2 aliphatic rings. The Morgan fingerprint density at radius 1 is 0.938 bits per heavy atom. The molecule has 0 saturated carbocycles. The van der Waals surface area contributed by atoms with Crippen molar-refractivity contribution in [2.24, 2.45) is 5.92 Å². The van der Waals surface area contributed by atoms with E-state index in [2.05, 4.69) is 6.55 Å². The van der Waals surface area contributed by atoms with E-state index in [1.807, 2.05) is 6.07 Å². The van der Waals surface area contributed by atoms with Gasteiger partial charge in [-0.2, -0.15) is 11.1 Å². The third-order valence-electron chi connectivity index (χ3n) is 7.74. The molecule has 0 N–H and O–H groups in total. The Morgan fingerprint density at radius 2 is 1.56 bits per heavy atom. The van der Waals surface area contributed by atoms with Crippen molar-refractivity contribution in [3.63, 3.8) is 0 Å². The number of rotatable bonds is 5. The van der Waals surface area contributed by atoms with E-state index < -0.39 is 38.7 Å². The molecule has 0 amide bonds. The fourth-order valence-corrected chi connectivity index (χ4v) is 12.1. The Kier molecular flexibility index (Phi) is 7.80. The van der Waals surface area contributed by atoms with Crippen LogP contribution in [0.15, 0.2) is 30.3 Å². The molecule has 0 bridgehead atoms. The monoisotopic (exact) mass is 514 g/mol. The molecule has 0 unspecified atom stereocenters. The Balaban J connectivity index is 1.32. The first-order valence-electron chi connectivity index (χ1n) is 11.8. The van der Waals surface area contributed by atoms with Crippen molar-refractivity contribution in [3.8, 4) is 11.1 Å². The highest BCUT2D eigenvalue weighted by Crippen LogP contribution is 2.40. The van der Waals surface area contributed by atoms with Gasteiger partial charge in [-0.25, -0.2) is 13.2 Å². The molecule has 0 aromatic heterocycles. The van der Waals surface area contributed by atoms with Gasteiger partial charge in [-0.1, -0.05) is 67.7 Å². The van der Waals surface area contributed by atoms with Crippen LogP contribution in [0.3, 0.4) is 0 Å². The van der Waals surface area contributed by atoms with Crippen molar-refractivity contribution >= 4 is 38.9 Å². The first kappa shape index (κ1) is 24.4. The molecule has 2 aromatic rings. The van der Waals surface area contributed by atoms with Gasteiger partial charge >= 0.3 is 0 Å². The summed E-state index contributed by atoms with van der Waals surface area (Å²) in [5, 5.41) is -0.561. The molecule has 0 nitrogen and oxygen atoms in total. The summed E-state index contributed by atoms with van der Waals surface area (Å²) in [6.07, 6.45) is 6.33. The lowest BCUT2D eigenvalue weighted by atomic mass is 9.91. The van der Waals surface area contributed by atoms with Crippen LogP contribution in [0, 0.1) is 23.4 Å². The smallest absolute Gasteiger partial charge is 0.153 e. The average molecular weight is 516 g/mol. The second-order valence-corrected chi connectivity index (χ2v) is 20.6. The summed E-state index contributed by atoms with van der Waals surface area (Å²) in [5.41, 5.74) is 1.38. The summed E-state index contributed by atoms with van der Waals surface area (Å²) in [5.74, 6) is -0.904. The van der Waals surface area contributed by atoms with Gasteiger partial charge in [0.1, 0.15) is 22.5 Å². The minimum absolute atomic E-state index is 0.171. The Bertz CT molecular complexity index is 925. The van der Waals surface area contributed by atoms with Crippen LogP contribution in [0.25, 0.3) is 11.1 Å². The van der Waals surface area contributed by atoms with Crippen molar-refractivity contribution in [2.45, 2.75) is 74.8 Å². The van der Waals surface area contributed by atoms with Crippen molar-refractivity contribution < 1.29 is 13.2 Å². The fraction of sp³-hybridized carbons (Fsp3) is 0.520. The highest BCUT2D eigenvalue weighted by molar-refractivity contribution is 7.19. The molecule has 174 valence electrons. The number of halogens is 5. The van der Waals surface area contributed by atoms with Crippen LogP contribution in [0.1, 0.15) is 43.6 Å². The Hall–Kier alpha value is -0.756. The summed E-state index contributed by atoms with van der Waals surface area (Å²) in [6, 6.07) is 14.0. The van der Waals surface area contributed by atoms with Gasteiger partial charge in [0.15, 0.2) is 7.38 Å². The van der Waals surface area contributed by atoms with E-state index in [4.69, 9.17) is 22.7 Å². The maximum absolute atomic E-state index is 14.8. The molecule has 0 radical (unpaired) electrons. The van der Waals surface area contributed by atoms with Gasteiger partial charge in [-0.3, -0.25) is 0 Å². The van der Waals surface area contributed by atoms with E-state index >= 15 is 0 Å². The Morgan fingerprint density at radius 3 is 2.16 bits per heavy atom. The number of hydrogen-bond acceptors (Lipinski definition) is 0. The maximum atomic E-state index is 14.8. The fourth-order valence-electron chi connectivity index (χ4n) is 5.55. The van der Waals surface area contributed by atoms with Gasteiger partial charge < -0.3 is 0 Å². The average Bonchev–Trinajstić information content (AvgIpc) is 2.77. The second-order valence-electron chi connectivity index (χ2n) is 10.1. The zero-order chi connectivity index (χ0) is 22.9. The topological polar surface area (TPSA) is 0 Å². The van der Waals surface area contributed by atoms with Crippen molar-refractivity contribution in [1.82, 2.24) is 0 Å². The molecule has 2 fully saturated rings. The predicted molar refractivity (Wildman–Crippen MR) is 135 cm³/mol. The van der Waals surface area contributed by atoms with E-state index in [1.165, 1.54) is 49.5 Å². The van der Waals surface area contributed by atoms with Crippen molar-refractivity contribution in [2.75, 3.05) is 0 Å². The van der Waals surface area contributed by atoms with Gasteiger partial charge in [0, 0.05) is 14.4 Å². The molecular weight excluding hydrogens is 484 g/mol. The van der Waals surface area contributed by atoms with Gasteiger partial charge in [0.2, 0.25) is 0 Å². The predicted octanol–water partition coefficient (Wildman–Crippen LogP) is 9.14. The van der Waals surface area contributed by atoms with Crippen LogP contribution in [0.2, 0.25) is 41.8 Å². The van der Waals surface area contributed by atoms with Crippen LogP contribution in [-0.2, 0) is 0 Å². The molecule has 2 aromatic carbocycles. The lowest BCUT2D eigenvalue weighted by Gasteiger charge is -2.32. The molecule has 2 heterocycles. The molecule has 2 aliphatic heterocycles. The van der Waals surface area contributed by atoms with E-state index in [0.717, 1.165) is 36.5 Å². The SMILES string of the molecule is C[Si@]1(Cl)CC[C@@H](CC[SiH]2CCC(c3ccc(-c4cc(F)c(Cl)c(F)c4)c(F)c3)CC2)CC1. The second kappa shape index (κ2) is 10.2. The molecular formula is C25H31Cl2F3Si2. The van der Waals surface area contributed by atoms with E-state index in [1.54, 1.807) is 12.1 Å². The molecule has 7 heteroatoms. The van der Waals surface area contributed by atoms with E-state index in [-0.39, 0.29) is 11.1 Å². The molecule has 0 spiro atoms. The maximum Gasteiger partial charge on any atom is 0.153 e. The van der Waals surface area contributed by atoms with Crippen LogP contribution in [0.5, 0.6) is 0 Å². The summed E-state index contributed by atoms with van der Waals surface area (Å²) >= 11 is 12.2. The third-order valence-corrected chi connectivity index (χ3v) is 15.3. The van der Waals surface area contributed by atoms with Gasteiger partial charge in [0.05, 0.1) is 0 Å². The zero-order valence-electron chi connectivity index (χ0n) is 18.6. The van der Waals surface area contributed by atoms with Gasteiger partial charge in [-0.05, 0) is 66.1 Å². The van der Waals surface area contributed by atoms with Crippen LogP contribution < -0.4 is 0 Å². The van der Waals surface area contributed by atoms with E-state index in [9.17, 15) is 13.2 Å². The van der Waals surface area contributed by atoms with Crippen molar-refractivity contribution in [1.29, 1.82) is 0 Å². The molecule has 0 atom stereocenters. The summed E-state index contributed by atoms with van der Waals surface area (Å²) in [4.78, 5) is 0. The third kappa shape index (κ3) is 5.83.